The van der Waals surface area contributed by atoms with Gasteiger partial charge in [-0.25, -0.2) is 0 Å². The Morgan fingerprint density at radius 2 is 2.29 bits per heavy atom. The summed E-state index contributed by atoms with van der Waals surface area (Å²) in [6, 6.07) is 8.53. The zero-order valence-corrected chi connectivity index (χ0v) is 11.3. The first-order valence-electron chi connectivity index (χ1n) is 5.93. The van der Waals surface area contributed by atoms with Gasteiger partial charge >= 0.3 is 0 Å². The molecule has 0 saturated carbocycles. The molecule has 4 heteroatoms. The first kappa shape index (κ1) is 12.4. The third kappa shape index (κ3) is 2.46. The van der Waals surface area contributed by atoms with Crippen LogP contribution >= 0.6 is 15.9 Å². The van der Waals surface area contributed by atoms with E-state index in [0.717, 1.165) is 23.1 Å². The summed E-state index contributed by atoms with van der Waals surface area (Å²) in [6.07, 6.45) is 3.52. The van der Waals surface area contributed by atoms with Gasteiger partial charge in [-0.15, -0.1) is 0 Å². The first-order chi connectivity index (χ1) is 8.27. The minimum atomic E-state index is 0.366. The van der Waals surface area contributed by atoms with E-state index in [1.165, 1.54) is 12.8 Å². The van der Waals surface area contributed by atoms with Gasteiger partial charge in [0.25, 0.3) is 0 Å². The van der Waals surface area contributed by atoms with Crippen LogP contribution in [0.4, 0.5) is 5.69 Å². The Labute approximate surface area is 110 Å². The van der Waals surface area contributed by atoms with Gasteiger partial charge in [-0.3, -0.25) is 0 Å². The lowest BCUT2D eigenvalue weighted by Gasteiger charge is -2.37. The summed E-state index contributed by atoms with van der Waals surface area (Å²) in [7, 11) is 0. The maximum atomic E-state index is 9.25. The van der Waals surface area contributed by atoms with Gasteiger partial charge in [0, 0.05) is 23.6 Å². The predicted octanol–water partition coefficient (Wildman–Crippen LogP) is 2.64. The number of benzene rings is 1. The largest absolute Gasteiger partial charge is 0.366 e. The van der Waals surface area contributed by atoms with Gasteiger partial charge in [0.2, 0.25) is 0 Å². The van der Waals surface area contributed by atoms with E-state index in [0.29, 0.717) is 18.2 Å². The number of nitriles is 1. The second-order valence-corrected chi connectivity index (χ2v) is 5.18. The maximum absolute atomic E-state index is 9.25. The predicted molar refractivity (Wildman–Crippen MR) is 72.9 cm³/mol. The summed E-state index contributed by atoms with van der Waals surface area (Å²) in [6.45, 7) is 1.64. The molecule has 0 spiro atoms. The van der Waals surface area contributed by atoms with E-state index in [9.17, 15) is 5.26 Å². The third-order valence-corrected chi connectivity index (χ3v) is 3.97. The molecule has 0 bridgehead atoms. The summed E-state index contributed by atoms with van der Waals surface area (Å²) >= 11 is 3.44. The van der Waals surface area contributed by atoms with Crippen LogP contribution in [0.25, 0.3) is 0 Å². The van der Waals surface area contributed by atoms with Gasteiger partial charge in [-0.1, -0.05) is 6.07 Å². The summed E-state index contributed by atoms with van der Waals surface area (Å²) in [5.74, 6) is 0. The van der Waals surface area contributed by atoms with Gasteiger partial charge in [0.1, 0.15) is 6.07 Å². The molecular formula is C13H16BrN3. The van der Waals surface area contributed by atoms with Gasteiger partial charge < -0.3 is 10.6 Å². The topological polar surface area (TPSA) is 53.0 Å². The highest BCUT2D eigenvalue weighted by molar-refractivity contribution is 9.10. The molecule has 1 saturated heterocycles. The van der Waals surface area contributed by atoms with Crippen molar-refractivity contribution in [1.82, 2.24) is 0 Å². The van der Waals surface area contributed by atoms with E-state index in [2.05, 4.69) is 26.9 Å². The number of rotatable bonds is 2. The molecule has 1 atom stereocenters. The number of piperidine rings is 1. The van der Waals surface area contributed by atoms with Crippen LogP contribution in [0.2, 0.25) is 0 Å². The molecular weight excluding hydrogens is 278 g/mol. The molecule has 0 aliphatic carbocycles. The monoisotopic (exact) mass is 293 g/mol. The molecule has 1 aromatic carbocycles. The lowest BCUT2D eigenvalue weighted by Crippen LogP contribution is -2.44. The zero-order valence-electron chi connectivity index (χ0n) is 9.69. The van der Waals surface area contributed by atoms with Crippen molar-refractivity contribution in [3.8, 4) is 6.07 Å². The number of hydrogen-bond donors (Lipinski definition) is 1. The van der Waals surface area contributed by atoms with Crippen molar-refractivity contribution in [1.29, 1.82) is 5.26 Å². The fraction of sp³-hybridized carbons (Fsp3) is 0.462. The Bertz CT molecular complexity index is 439. The number of nitrogens with two attached hydrogens (primary N) is 1. The average molecular weight is 294 g/mol. The van der Waals surface area contributed by atoms with Crippen LogP contribution < -0.4 is 10.6 Å². The molecule has 1 aliphatic rings. The van der Waals surface area contributed by atoms with Crippen molar-refractivity contribution >= 4 is 21.6 Å². The summed E-state index contributed by atoms with van der Waals surface area (Å²) in [5.41, 5.74) is 7.55. The Morgan fingerprint density at radius 3 is 3.00 bits per heavy atom. The van der Waals surface area contributed by atoms with Crippen molar-refractivity contribution in [3.05, 3.63) is 28.2 Å². The Hall–Kier alpha value is -1.05. The summed E-state index contributed by atoms with van der Waals surface area (Å²) in [4.78, 5) is 2.28. The van der Waals surface area contributed by atoms with Gasteiger partial charge in [-0.05, 0) is 47.3 Å². The number of anilines is 1. The average Bonchev–Trinajstić information content (AvgIpc) is 2.38. The molecule has 1 fully saturated rings. The van der Waals surface area contributed by atoms with E-state index < -0.39 is 0 Å². The van der Waals surface area contributed by atoms with Crippen molar-refractivity contribution in [2.45, 2.75) is 25.3 Å². The van der Waals surface area contributed by atoms with E-state index >= 15 is 0 Å². The minimum absolute atomic E-state index is 0.366. The van der Waals surface area contributed by atoms with Crippen LogP contribution in [0.1, 0.15) is 24.8 Å². The molecule has 1 aromatic rings. The van der Waals surface area contributed by atoms with Crippen LogP contribution in [0.15, 0.2) is 22.7 Å². The molecule has 0 aromatic heterocycles. The molecule has 90 valence electrons. The van der Waals surface area contributed by atoms with Crippen molar-refractivity contribution < 1.29 is 0 Å². The highest BCUT2D eigenvalue weighted by Crippen LogP contribution is 2.31. The quantitative estimate of drug-likeness (QED) is 0.912. The molecule has 1 heterocycles. The number of nitrogens with zero attached hydrogens (tertiary/aromatic N) is 2. The van der Waals surface area contributed by atoms with Crippen LogP contribution in [-0.2, 0) is 0 Å². The first-order valence-corrected chi connectivity index (χ1v) is 6.72. The molecule has 2 rings (SSSR count). The lowest BCUT2D eigenvalue weighted by atomic mass is 10.00. The highest BCUT2D eigenvalue weighted by Gasteiger charge is 2.23. The number of halogens is 1. The van der Waals surface area contributed by atoms with Crippen LogP contribution in [-0.4, -0.2) is 19.1 Å². The van der Waals surface area contributed by atoms with Crippen molar-refractivity contribution in [2.24, 2.45) is 5.73 Å². The van der Waals surface area contributed by atoms with Gasteiger partial charge in [0.05, 0.1) is 11.3 Å². The number of hydrogen-bond acceptors (Lipinski definition) is 3. The van der Waals surface area contributed by atoms with Gasteiger partial charge in [0.15, 0.2) is 0 Å². The smallest absolute Gasteiger partial charge is 0.103 e. The molecule has 0 amide bonds. The fourth-order valence-electron chi connectivity index (χ4n) is 2.43. The van der Waals surface area contributed by atoms with E-state index in [4.69, 9.17) is 5.73 Å². The Balaban J connectivity index is 2.38. The van der Waals surface area contributed by atoms with Crippen molar-refractivity contribution in [2.75, 3.05) is 18.0 Å². The Kier molecular flexibility index (Phi) is 4.03. The van der Waals surface area contributed by atoms with Crippen molar-refractivity contribution in [3.63, 3.8) is 0 Å². The van der Waals surface area contributed by atoms with Crippen LogP contribution in [0.3, 0.4) is 0 Å². The van der Waals surface area contributed by atoms with Gasteiger partial charge in [-0.2, -0.15) is 5.26 Å². The van der Waals surface area contributed by atoms with E-state index in [-0.39, 0.29) is 0 Å². The summed E-state index contributed by atoms with van der Waals surface area (Å²) in [5, 5.41) is 9.25. The second kappa shape index (κ2) is 5.52. The SMILES string of the molecule is N#Cc1c(Br)cccc1N1CCCCC1CN. The molecule has 3 nitrogen and oxygen atoms in total. The van der Waals surface area contributed by atoms with E-state index in [1.54, 1.807) is 0 Å². The van der Waals surface area contributed by atoms with Crippen LogP contribution in [0.5, 0.6) is 0 Å². The van der Waals surface area contributed by atoms with Crippen LogP contribution in [0, 0.1) is 11.3 Å². The second-order valence-electron chi connectivity index (χ2n) is 4.32. The Morgan fingerprint density at radius 1 is 1.47 bits per heavy atom. The summed E-state index contributed by atoms with van der Waals surface area (Å²) < 4.78 is 0.860. The third-order valence-electron chi connectivity index (χ3n) is 3.31. The fourth-order valence-corrected chi connectivity index (χ4v) is 2.87. The normalized spacial score (nSPS) is 20.1. The maximum Gasteiger partial charge on any atom is 0.103 e. The molecule has 2 N–H and O–H groups in total. The standard InChI is InChI=1S/C13H16BrN3/c14-12-5-3-6-13(11(12)9-16)17-7-2-1-4-10(17)8-15/h3,5-6,10H,1-2,4,7-8,15H2. The molecule has 17 heavy (non-hydrogen) atoms. The molecule has 1 unspecified atom stereocenters. The highest BCUT2D eigenvalue weighted by atomic mass is 79.9. The molecule has 1 aliphatic heterocycles. The van der Waals surface area contributed by atoms with E-state index in [1.807, 2.05) is 18.2 Å². The molecule has 0 radical (unpaired) electrons. The lowest BCUT2D eigenvalue weighted by molar-refractivity contribution is 0.465. The zero-order chi connectivity index (χ0) is 12.3. The minimum Gasteiger partial charge on any atom is -0.366 e.